The molecule has 4 aromatic rings. The first-order chi connectivity index (χ1) is 14.1. The molecule has 0 N–H and O–H groups in total. The largest absolute Gasteiger partial charge is 1.00 e. The number of hydrogen-bond acceptors (Lipinski definition) is 2. The second-order valence-corrected chi connectivity index (χ2v) is 7.90. The van der Waals surface area contributed by atoms with Gasteiger partial charge >= 0.3 is 0 Å². The lowest BCUT2D eigenvalue weighted by atomic mass is 9.96. The molecule has 31 heavy (non-hydrogen) atoms. The van der Waals surface area contributed by atoms with Crippen molar-refractivity contribution in [3.05, 3.63) is 83.9 Å². The summed E-state index contributed by atoms with van der Waals surface area (Å²) in [6.07, 6.45) is 1.94. The third-order valence-electron chi connectivity index (χ3n) is 5.49. The minimum atomic E-state index is 0. The maximum Gasteiger partial charge on any atom is 0.216 e. The van der Waals surface area contributed by atoms with Crippen molar-refractivity contribution < 1.29 is 21.7 Å². The summed E-state index contributed by atoms with van der Waals surface area (Å²) in [7, 11) is 6.33. The van der Waals surface area contributed by atoms with Crippen LogP contribution < -0.4 is 21.7 Å². The van der Waals surface area contributed by atoms with E-state index in [4.69, 9.17) is 4.74 Å². The van der Waals surface area contributed by atoms with Crippen molar-refractivity contribution in [2.75, 3.05) is 27.2 Å². The van der Waals surface area contributed by atoms with Gasteiger partial charge in [-0.1, -0.05) is 42.5 Å². The Kier molecular flexibility index (Phi) is 9.12. The second kappa shape index (κ2) is 11.3. The molecule has 0 saturated carbocycles. The van der Waals surface area contributed by atoms with Gasteiger partial charge in [0.25, 0.3) is 0 Å². The van der Waals surface area contributed by atoms with Crippen molar-refractivity contribution >= 4 is 34.2 Å². The lowest BCUT2D eigenvalue weighted by Crippen LogP contribution is -3.00. The molecule has 3 aromatic carbocycles. The highest BCUT2D eigenvalue weighted by Gasteiger charge is 2.18. The molecule has 0 radical (unpaired) electrons. The van der Waals surface area contributed by atoms with Crippen molar-refractivity contribution in [2.45, 2.75) is 12.8 Å². The van der Waals surface area contributed by atoms with Gasteiger partial charge in [0.15, 0.2) is 0 Å². The first-order valence-corrected chi connectivity index (χ1v) is 10.3. The van der Waals surface area contributed by atoms with E-state index in [0.717, 1.165) is 31.7 Å². The van der Waals surface area contributed by atoms with Crippen LogP contribution >= 0.6 is 12.4 Å². The van der Waals surface area contributed by atoms with Crippen LogP contribution in [-0.2, 0) is 13.5 Å². The summed E-state index contributed by atoms with van der Waals surface area (Å²) in [6, 6.07) is 25.9. The van der Waals surface area contributed by atoms with E-state index in [1.807, 2.05) is 0 Å². The fourth-order valence-electron chi connectivity index (χ4n) is 3.99. The summed E-state index contributed by atoms with van der Waals surface area (Å²) in [5.74, 6) is 0.938. The first-order valence-electron chi connectivity index (χ1n) is 10.3. The Morgan fingerprint density at radius 2 is 1.52 bits per heavy atom. The number of ether oxygens (including phenoxy) is 1. The molecule has 1 heterocycles. The van der Waals surface area contributed by atoms with Crippen LogP contribution in [0.4, 0.5) is 0 Å². The van der Waals surface area contributed by atoms with Crippen molar-refractivity contribution in [3.63, 3.8) is 0 Å². The van der Waals surface area contributed by atoms with E-state index in [9.17, 15) is 0 Å². The SMILES string of the molecule is CN(C)CCCOc1ccc2c(Cc3ccccc3)c3ccccc3[n+](C)c2c1.Cl.[Cl-]. The third kappa shape index (κ3) is 5.68. The van der Waals surface area contributed by atoms with Crippen LogP contribution in [0.5, 0.6) is 5.75 Å². The van der Waals surface area contributed by atoms with E-state index in [2.05, 4.69) is 103 Å². The van der Waals surface area contributed by atoms with Crippen LogP contribution in [0.1, 0.15) is 17.5 Å². The Morgan fingerprint density at radius 1 is 0.839 bits per heavy atom. The molecule has 0 aliphatic heterocycles. The maximum atomic E-state index is 6.05. The van der Waals surface area contributed by atoms with Gasteiger partial charge in [0.05, 0.1) is 23.4 Å². The van der Waals surface area contributed by atoms with Gasteiger partial charge in [-0.05, 0) is 56.3 Å². The fourth-order valence-corrected chi connectivity index (χ4v) is 3.99. The number of pyridine rings is 1. The van der Waals surface area contributed by atoms with Crippen molar-refractivity contribution in [1.29, 1.82) is 0 Å². The third-order valence-corrected chi connectivity index (χ3v) is 5.49. The smallest absolute Gasteiger partial charge is 0.216 e. The molecule has 3 nitrogen and oxygen atoms in total. The summed E-state index contributed by atoms with van der Waals surface area (Å²) in [6.45, 7) is 1.77. The quantitative estimate of drug-likeness (QED) is 0.240. The van der Waals surface area contributed by atoms with Gasteiger partial charge in [-0.15, -0.1) is 12.4 Å². The summed E-state index contributed by atoms with van der Waals surface area (Å²) in [4.78, 5) is 2.19. The minimum Gasteiger partial charge on any atom is -1.00 e. The number of para-hydroxylation sites is 1. The topological polar surface area (TPSA) is 16.4 Å². The fraction of sp³-hybridized carbons (Fsp3) is 0.269. The highest BCUT2D eigenvalue weighted by molar-refractivity contribution is 5.94. The van der Waals surface area contributed by atoms with Crippen molar-refractivity contribution in [3.8, 4) is 5.75 Å². The van der Waals surface area contributed by atoms with Gasteiger partial charge in [0.2, 0.25) is 11.0 Å². The van der Waals surface area contributed by atoms with Gasteiger partial charge in [-0.3, -0.25) is 0 Å². The molecule has 1 aromatic heterocycles. The number of halogens is 2. The Balaban J connectivity index is 0.00000171. The Labute approximate surface area is 197 Å². The van der Waals surface area contributed by atoms with Crippen molar-refractivity contribution in [2.24, 2.45) is 7.05 Å². The molecule has 0 unspecified atom stereocenters. The van der Waals surface area contributed by atoms with E-state index in [1.54, 1.807) is 0 Å². The summed E-state index contributed by atoms with van der Waals surface area (Å²) >= 11 is 0. The van der Waals surface area contributed by atoms with Gasteiger partial charge in [0.1, 0.15) is 12.8 Å². The molecule has 0 amide bonds. The van der Waals surface area contributed by atoms with E-state index in [-0.39, 0.29) is 24.8 Å². The van der Waals surface area contributed by atoms with Crippen LogP contribution in [0.15, 0.2) is 72.8 Å². The summed E-state index contributed by atoms with van der Waals surface area (Å²) in [5, 5.41) is 2.60. The highest BCUT2D eigenvalue weighted by atomic mass is 35.5. The number of hydrogen-bond donors (Lipinski definition) is 0. The van der Waals surface area contributed by atoms with E-state index >= 15 is 0 Å². The van der Waals surface area contributed by atoms with Crippen LogP contribution in [0.25, 0.3) is 21.8 Å². The molecular formula is C26H30Cl2N2O. The van der Waals surface area contributed by atoms with Crippen LogP contribution in [0.3, 0.4) is 0 Å². The molecule has 164 valence electrons. The maximum absolute atomic E-state index is 6.05. The molecule has 0 fully saturated rings. The standard InChI is InChI=1S/C26H29N2O.2ClH/c1-27(2)16-9-17-29-21-14-15-23-24(18-20-10-5-4-6-11-20)22-12-7-8-13-25(22)28(3)26(23)19-21;;/h4-8,10-15,19H,9,16-18H2,1-3H3;2*1H/q+1;;/p-1. The molecule has 0 aliphatic carbocycles. The number of nitrogens with zero attached hydrogens (tertiary/aromatic N) is 2. The normalized spacial score (nSPS) is 10.7. The Morgan fingerprint density at radius 3 is 2.26 bits per heavy atom. The van der Waals surface area contributed by atoms with E-state index < -0.39 is 0 Å². The zero-order chi connectivity index (χ0) is 20.2. The molecular weight excluding hydrogens is 427 g/mol. The average Bonchev–Trinajstić information content (AvgIpc) is 2.75. The lowest BCUT2D eigenvalue weighted by molar-refractivity contribution is -0.617. The predicted octanol–water partition coefficient (Wildman–Crippen LogP) is 2.16. The van der Waals surface area contributed by atoms with Crippen molar-refractivity contribution in [1.82, 2.24) is 4.90 Å². The van der Waals surface area contributed by atoms with Gasteiger partial charge in [0, 0.05) is 12.6 Å². The van der Waals surface area contributed by atoms with Crippen LogP contribution in [-0.4, -0.2) is 32.1 Å². The number of benzene rings is 3. The number of fused-ring (bicyclic) bond motifs is 2. The summed E-state index contributed by atoms with van der Waals surface area (Å²) in [5.41, 5.74) is 5.16. The molecule has 0 saturated heterocycles. The Bertz CT molecular complexity index is 1130. The molecule has 0 bridgehead atoms. The lowest BCUT2D eigenvalue weighted by Gasteiger charge is -2.13. The zero-order valence-electron chi connectivity index (χ0n) is 18.3. The molecule has 4 rings (SSSR count). The zero-order valence-corrected chi connectivity index (χ0v) is 19.9. The van der Waals surface area contributed by atoms with Gasteiger partial charge in [-0.2, -0.15) is 4.57 Å². The van der Waals surface area contributed by atoms with Crippen LogP contribution in [0.2, 0.25) is 0 Å². The van der Waals surface area contributed by atoms with E-state index in [1.165, 1.54) is 32.9 Å². The molecule has 0 spiro atoms. The first kappa shape index (κ1) is 24.9. The van der Waals surface area contributed by atoms with Crippen LogP contribution in [0, 0.1) is 0 Å². The van der Waals surface area contributed by atoms with E-state index in [0.29, 0.717) is 0 Å². The average molecular weight is 457 g/mol. The second-order valence-electron chi connectivity index (χ2n) is 7.90. The monoisotopic (exact) mass is 456 g/mol. The molecule has 0 atom stereocenters. The predicted molar refractivity (Wildman–Crippen MR) is 128 cm³/mol. The summed E-state index contributed by atoms with van der Waals surface area (Å²) < 4.78 is 8.33. The van der Waals surface area contributed by atoms with Gasteiger partial charge in [-0.25, -0.2) is 0 Å². The highest BCUT2D eigenvalue weighted by Crippen LogP contribution is 2.29. The molecule has 5 heteroatoms. The minimum absolute atomic E-state index is 0. The number of rotatable bonds is 7. The number of aromatic nitrogens is 1. The Hall–Kier alpha value is -2.33. The molecule has 0 aliphatic rings. The number of aryl methyl sites for hydroxylation is 1. The van der Waals surface area contributed by atoms with Gasteiger partial charge < -0.3 is 22.0 Å².